The number of aryl methyl sites for hydroxylation is 1. The minimum atomic E-state index is -0.836. The van der Waals surface area contributed by atoms with Crippen LogP contribution in [0.3, 0.4) is 0 Å². The fourth-order valence-corrected chi connectivity index (χ4v) is 5.14. The number of rotatable bonds is 8. The number of fused-ring (bicyclic) bond motifs is 1. The van der Waals surface area contributed by atoms with Gasteiger partial charge in [-0.05, 0) is 92.3 Å². The number of ether oxygens (including phenoxy) is 1. The van der Waals surface area contributed by atoms with Crippen LogP contribution in [0.1, 0.15) is 56.5 Å². The van der Waals surface area contributed by atoms with Crippen molar-refractivity contribution in [2.75, 3.05) is 5.32 Å². The molecule has 2 aromatic carbocycles. The molecule has 1 aliphatic carbocycles. The van der Waals surface area contributed by atoms with Gasteiger partial charge in [0.25, 0.3) is 17.7 Å². The first-order chi connectivity index (χ1) is 17.3. The number of phenolic OH excluding ortho intramolecular Hbond substituents is 1. The third-order valence-electron chi connectivity index (χ3n) is 5.72. The highest BCUT2D eigenvalue weighted by molar-refractivity contribution is 7.17. The Morgan fingerprint density at radius 2 is 1.78 bits per heavy atom. The largest absolute Gasteiger partial charge is 0.508 e. The maximum atomic E-state index is 12.8. The summed E-state index contributed by atoms with van der Waals surface area (Å²) in [5.41, 5.74) is 10.5. The highest BCUT2D eigenvalue weighted by Gasteiger charge is 2.25. The number of carbonyl (C=O) groups is 3. The van der Waals surface area contributed by atoms with E-state index in [0.717, 1.165) is 36.1 Å². The number of benzene rings is 2. The van der Waals surface area contributed by atoms with Crippen LogP contribution in [0.25, 0.3) is 0 Å². The van der Waals surface area contributed by atoms with Crippen LogP contribution in [0, 0.1) is 0 Å². The van der Waals surface area contributed by atoms with Gasteiger partial charge >= 0.3 is 0 Å². The van der Waals surface area contributed by atoms with E-state index in [-0.39, 0.29) is 11.7 Å². The number of primary amides is 1. The number of amides is 3. The molecule has 3 aromatic rings. The second kappa shape index (κ2) is 11.0. The molecule has 1 aliphatic rings. The molecule has 0 saturated heterocycles. The summed E-state index contributed by atoms with van der Waals surface area (Å²) >= 11 is 1.41. The predicted octanol–water partition coefficient (Wildman–Crippen LogP) is 3.60. The molecule has 5 N–H and O–H groups in total. The lowest BCUT2D eigenvalue weighted by Gasteiger charge is -2.13. The third kappa shape index (κ3) is 5.89. The number of anilines is 1. The van der Waals surface area contributed by atoms with Crippen molar-refractivity contribution < 1.29 is 24.2 Å². The molecule has 36 heavy (non-hydrogen) atoms. The summed E-state index contributed by atoms with van der Waals surface area (Å²) in [6.45, 7) is 1.58. The maximum Gasteiger partial charge on any atom is 0.280 e. The van der Waals surface area contributed by atoms with E-state index in [4.69, 9.17) is 10.5 Å². The topological polar surface area (TPSA) is 143 Å². The number of hydrogen-bond acceptors (Lipinski definition) is 7. The molecule has 1 atom stereocenters. The van der Waals surface area contributed by atoms with Crippen molar-refractivity contribution >= 4 is 40.3 Å². The quantitative estimate of drug-likeness (QED) is 0.273. The number of thiophene rings is 1. The fraction of sp³-hybridized carbons (Fsp3) is 0.231. The highest BCUT2D eigenvalue weighted by atomic mass is 32.1. The summed E-state index contributed by atoms with van der Waals surface area (Å²) in [6, 6.07) is 12.7. The Morgan fingerprint density at radius 1 is 1.08 bits per heavy atom. The van der Waals surface area contributed by atoms with E-state index in [1.807, 2.05) is 0 Å². The van der Waals surface area contributed by atoms with Gasteiger partial charge in [-0.2, -0.15) is 5.10 Å². The molecular weight excluding hydrogens is 480 g/mol. The Bertz CT molecular complexity index is 1300. The molecule has 0 fully saturated rings. The summed E-state index contributed by atoms with van der Waals surface area (Å²) < 4.78 is 5.64. The van der Waals surface area contributed by atoms with Crippen molar-refractivity contribution in [2.45, 2.75) is 38.7 Å². The summed E-state index contributed by atoms with van der Waals surface area (Å²) in [5, 5.41) is 16.5. The predicted molar refractivity (Wildman–Crippen MR) is 138 cm³/mol. The average Bonchev–Trinajstić information content (AvgIpc) is 3.23. The first-order valence-electron chi connectivity index (χ1n) is 11.5. The molecule has 10 heteroatoms. The van der Waals surface area contributed by atoms with Crippen LogP contribution < -0.4 is 21.2 Å². The number of hydrogen-bond donors (Lipinski definition) is 4. The zero-order valence-electron chi connectivity index (χ0n) is 19.6. The average molecular weight is 507 g/mol. The number of phenols is 1. The van der Waals surface area contributed by atoms with Crippen LogP contribution in [0.2, 0.25) is 0 Å². The number of aromatic hydroxyl groups is 1. The Morgan fingerprint density at radius 3 is 2.47 bits per heavy atom. The number of hydrazone groups is 1. The van der Waals surface area contributed by atoms with Crippen LogP contribution in [-0.2, 0) is 17.6 Å². The number of nitrogens with one attached hydrogen (secondary N) is 2. The molecule has 1 heterocycles. The molecule has 186 valence electrons. The summed E-state index contributed by atoms with van der Waals surface area (Å²) in [5.74, 6) is -0.805. The van der Waals surface area contributed by atoms with Crippen molar-refractivity contribution in [1.82, 2.24) is 5.43 Å². The second-order valence-electron chi connectivity index (χ2n) is 8.34. The SMILES string of the molecule is C[C@@H](Oc1ccc(C(=O)Nc2sc3c(c2C(N)=O)CCCC3)cc1)C(=O)N/N=C/c1ccc(O)cc1. The van der Waals surface area contributed by atoms with Gasteiger partial charge in [-0.25, -0.2) is 5.43 Å². The van der Waals surface area contributed by atoms with Crippen LogP contribution in [-0.4, -0.2) is 35.1 Å². The Hall–Kier alpha value is -4.18. The van der Waals surface area contributed by atoms with Crippen LogP contribution in [0.15, 0.2) is 53.6 Å². The summed E-state index contributed by atoms with van der Waals surface area (Å²) in [6.07, 6.45) is 4.35. The number of nitrogens with zero attached hydrogens (tertiary/aromatic N) is 1. The lowest BCUT2D eigenvalue weighted by atomic mass is 9.95. The van der Waals surface area contributed by atoms with E-state index in [2.05, 4.69) is 15.8 Å². The van der Waals surface area contributed by atoms with Gasteiger partial charge in [0.15, 0.2) is 6.10 Å². The molecule has 1 aromatic heterocycles. The van der Waals surface area contributed by atoms with Gasteiger partial charge in [0.05, 0.1) is 11.8 Å². The zero-order valence-corrected chi connectivity index (χ0v) is 20.4. The summed E-state index contributed by atoms with van der Waals surface area (Å²) in [7, 11) is 0. The lowest BCUT2D eigenvalue weighted by Crippen LogP contribution is -2.33. The zero-order chi connectivity index (χ0) is 25.7. The highest BCUT2D eigenvalue weighted by Crippen LogP contribution is 2.38. The van der Waals surface area contributed by atoms with E-state index in [1.54, 1.807) is 43.3 Å². The number of nitrogens with two attached hydrogens (primary N) is 1. The number of carbonyl (C=O) groups excluding carboxylic acids is 3. The minimum Gasteiger partial charge on any atom is -0.508 e. The molecule has 4 rings (SSSR count). The van der Waals surface area contributed by atoms with Crippen LogP contribution >= 0.6 is 11.3 Å². The molecule has 9 nitrogen and oxygen atoms in total. The van der Waals surface area contributed by atoms with Crippen molar-refractivity contribution in [3.8, 4) is 11.5 Å². The molecule has 0 spiro atoms. The molecule has 0 bridgehead atoms. The van der Waals surface area contributed by atoms with Crippen LogP contribution in [0.4, 0.5) is 5.00 Å². The van der Waals surface area contributed by atoms with E-state index in [0.29, 0.717) is 27.4 Å². The first-order valence-corrected chi connectivity index (χ1v) is 12.3. The Labute approximate surface area is 212 Å². The molecular formula is C26H26N4O5S. The van der Waals surface area contributed by atoms with Gasteiger partial charge in [0, 0.05) is 10.4 Å². The van der Waals surface area contributed by atoms with Gasteiger partial charge in [0.2, 0.25) is 0 Å². The Kier molecular flexibility index (Phi) is 7.65. The van der Waals surface area contributed by atoms with Gasteiger partial charge in [-0.3, -0.25) is 14.4 Å². The first kappa shape index (κ1) is 24.9. The van der Waals surface area contributed by atoms with Gasteiger partial charge in [-0.15, -0.1) is 11.3 Å². The summed E-state index contributed by atoms with van der Waals surface area (Å²) in [4.78, 5) is 38.2. The molecule has 0 unspecified atom stereocenters. The van der Waals surface area contributed by atoms with Crippen LogP contribution in [0.5, 0.6) is 11.5 Å². The van der Waals surface area contributed by atoms with Gasteiger partial charge in [-0.1, -0.05) is 0 Å². The van der Waals surface area contributed by atoms with Gasteiger partial charge < -0.3 is 20.9 Å². The van der Waals surface area contributed by atoms with E-state index >= 15 is 0 Å². The van der Waals surface area contributed by atoms with Crippen molar-refractivity contribution in [2.24, 2.45) is 10.8 Å². The smallest absolute Gasteiger partial charge is 0.280 e. The van der Waals surface area contributed by atoms with E-state index in [1.165, 1.54) is 29.7 Å². The minimum absolute atomic E-state index is 0.141. The molecule has 3 amide bonds. The molecule has 0 aliphatic heterocycles. The fourth-order valence-electron chi connectivity index (χ4n) is 3.85. The van der Waals surface area contributed by atoms with E-state index < -0.39 is 17.9 Å². The lowest BCUT2D eigenvalue weighted by molar-refractivity contribution is -0.127. The van der Waals surface area contributed by atoms with Gasteiger partial charge in [0.1, 0.15) is 16.5 Å². The second-order valence-corrected chi connectivity index (χ2v) is 9.45. The van der Waals surface area contributed by atoms with Crippen molar-refractivity contribution in [1.29, 1.82) is 0 Å². The maximum absolute atomic E-state index is 12.8. The third-order valence-corrected chi connectivity index (χ3v) is 6.93. The van der Waals surface area contributed by atoms with E-state index in [9.17, 15) is 19.5 Å². The van der Waals surface area contributed by atoms with Crippen molar-refractivity contribution in [3.63, 3.8) is 0 Å². The standard InChI is InChI=1S/C26H26N4O5S/c1-15(24(33)30-28-14-16-6-10-18(31)11-7-16)35-19-12-8-17(9-13-19)25(34)29-26-22(23(27)32)20-4-2-3-5-21(20)36-26/h6-15,31H,2-5H2,1H3,(H2,27,32)(H,29,34)(H,30,33)/b28-14+/t15-/m1/s1. The normalized spacial score (nSPS) is 13.6. The van der Waals surface area contributed by atoms with Crippen molar-refractivity contribution in [3.05, 3.63) is 75.7 Å². The monoisotopic (exact) mass is 506 g/mol. The molecule has 0 radical (unpaired) electrons. The Balaban J connectivity index is 1.34. The molecule has 0 saturated carbocycles.